The number of halogens is 1. The van der Waals surface area contributed by atoms with E-state index in [9.17, 15) is 14.4 Å². The van der Waals surface area contributed by atoms with Gasteiger partial charge in [-0.25, -0.2) is 9.69 Å². The maximum Gasteiger partial charge on any atom is 0.335 e. The van der Waals surface area contributed by atoms with Gasteiger partial charge >= 0.3 is 6.03 Å². The molecule has 0 spiro atoms. The lowest BCUT2D eigenvalue weighted by atomic mass is 10.00. The normalized spacial score (nSPS) is 15.5. The molecule has 1 fully saturated rings. The molecule has 0 bridgehead atoms. The lowest BCUT2D eigenvalue weighted by Crippen LogP contribution is -2.54. The van der Waals surface area contributed by atoms with Crippen molar-refractivity contribution in [2.24, 2.45) is 0 Å². The summed E-state index contributed by atoms with van der Waals surface area (Å²) in [6, 6.07) is 15.5. The van der Waals surface area contributed by atoms with Crippen LogP contribution >= 0.6 is 15.9 Å². The first-order valence-corrected chi connectivity index (χ1v) is 10.5. The summed E-state index contributed by atoms with van der Waals surface area (Å²) in [5.41, 5.74) is 1.81. The van der Waals surface area contributed by atoms with E-state index in [0.29, 0.717) is 17.9 Å². The van der Waals surface area contributed by atoms with Crippen LogP contribution in [-0.2, 0) is 9.59 Å². The van der Waals surface area contributed by atoms with Crippen molar-refractivity contribution in [3.8, 4) is 5.75 Å². The largest absolute Gasteiger partial charge is 0.493 e. The minimum absolute atomic E-state index is 0.116. The average Bonchev–Trinajstić information content (AvgIpc) is 2.75. The summed E-state index contributed by atoms with van der Waals surface area (Å²) in [6.45, 7) is 4.29. The van der Waals surface area contributed by atoms with Crippen LogP contribution in [0.1, 0.15) is 18.1 Å². The van der Waals surface area contributed by atoms with Crippen LogP contribution in [0.15, 0.2) is 64.6 Å². The molecule has 3 aromatic rings. The Hall–Kier alpha value is -3.45. The van der Waals surface area contributed by atoms with E-state index >= 15 is 0 Å². The van der Waals surface area contributed by atoms with Gasteiger partial charge in [0.05, 0.1) is 12.3 Å². The van der Waals surface area contributed by atoms with Crippen molar-refractivity contribution >= 4 is 56.3 Å². The molecule has 1 heterocycles. The third-order valence-corrected chi connectivity index (χ3v) is 5.91. The molecule has 0 unspecified atom stereocenters. The number of barbiturate groups is 1. The fraction of sp³-hybridized carbons (Fsp3) is 0.125. The van der Waals surface area contributed by atoms with Crippen LogP contribution in [-0.4, -0.2) is 24.5 Å². The Morgan fingerprint density at radius 3 is 2.48 bits per heavy atom. The Morgan fingerprint density at radius 1 is 1.03 bits per heavy atom. The van der Waals surface area contributed by atoms with E-state index < -0.39 is 17.8 Å². The molecule has 4 rings (SSSR count). The molecule has 6 nitrogen and oxygen atoms in total. The Morgan fingerprint density at radius 2 is 1.77 bits per heavy atom. The summed E-state index contributed by atoms with van der Waals surface area (Å²) in [6.07, 6.45) is 1.51. The van der Waals surface area contributed by atoms with Crippen LogP contribution in [0.2, 0.25) is 0 Å². The van der Waals surface area contributed by atoms with Crippen LogP contribution in [0.4, 0.5) is 10.5 Å². The first kappa shape index (κ1) is 20.8. The maximum atomic E-state index is 13.2. The predicted octanol–water partition coefficient (Wildman–Crippen LogP) is 4.98. The molecule has 4 amide bonds. The zero-order chi connectivity index (χ0) is 22.1. The third kappa shape index (κ3) is 3.84. The summed E-state index contributed by atoms with van der Waals surface area (Å²) >= 11 is 3.41. The molecule has 7 heteroatoms. The molecule has 1 aliphatic heterocycles. The van der Waals surface area contributed by atoms with E-state index in [2.05, 4.69) is 21.2 Å². The Kier molecular flexibility index (Phi) is 5.61. The average molecular weight is 479 g/mol. The minimum Gasteiger partial charge on any atom is -0.493 e. The highest BCUT2D eigenvalue weighted by atomic mass is 79.9. The molecule has 0 radical (unpaired) electrons. The van der Waals surface area contributed by atoms with Crippen molar-refractivity contribution in [1.82, 2.24) is 5.32 Å². The molecule has 0 aromatic heterocycles. The Balaban J connectivity index is 1.81. The highest BCUT2D eigenvalue weighted by molar-refractivity contribution is 9.10. The molecule has 1 aliphatic rings. The van der Waals surface area contributed by atoms with Crippen molar-refractivity contribution in [2.45, 2.75) is 13.8 Å². The van der Waals surface area contributed by atoms with Crippen LogP contribution in [0.3, 0.4) is 0 Å². The van der Waals surface area contributed by atoms with Crippen molar-refractivity contribution in [3.63, 3.8) is 0 Å². The number of carbonyl (C=O) groups is 3. The number of benzene rings is 3. The maximum absolute atomic E-state index is 13.2. The number of urea groups is 1. The van der Waals surface area contributed by atoms with Crippen LogP contribution in [0.25, 0.3) is 16.8 Å². The molecule has 1 saturated heterocycles. The number of carbonyl (C=O) groups excluding carboxylic acids is 3. The van der Waals surface area contributed by atoms with Gasteiger partial charge in [0, 0.05) is 9.86 Å². The molecule has 0 atom stereocenters. The Labute approximate surface area is 187 Å². The number of imide groups is 2. The van der Waals surface area contributed by atoms with Gasteiger partial charge in [0.1, 0.15) is 11.3 Å². The van der Waals surface area contributed by atoms with E-state index in [0.717, 1.165) is 31.5 Å². The van der Waals surface area contributed by atoms with E-state index in [1.165, 1.54) is 6.08 Å². The quantitative estimate of drug-likeness (QED) is 0.423. The predicted molar refractivity (Wildman–Crippen MR) is 123 cm³/mol. The van der Waals surface area contributed by atoms with E-state index in [1.807, 2.05) is 44.2 Å². The summed E-state index contributed by atoms with van der Waals surface area (Å²) in [5, 5.41) is 3.98. The number of hydrogen-bond acceptors (Lipinski definition) is 4. The fourth-order valence-electron chi connectivity index (χ4n) is 3.52. The first-order chi connectivity index (χ1) is 14.9. The zero-order valence-corrected chi connectivity index (χ0v) is 18.5. The molecule has 1 N–H and O–H groups in total. The van der Waals surface area contributed by atoms with Gasteiger partial charge in [0.25, 0.3) is 11.8 Å². The van der Waals surface area contributed by atoms with Crippen molar-refractivity contribution in [3.05, 3.63) is 75.8 Å². The van der Waals surface area contributed by atoms with Crippen molar-refractivity contribution in [1.29, 1.82) is 0 Å². The van der Waals surface area contributed by atoms with Gasteiger partial charge in [-0.05, 0) is 60.7 Å². The van der Waals surface area contributed by atoms with E-state index in [-0.39, 0.29) is 5.57 Å². The molecule has 0 aliphatic carbocycles. The molecular formula is C24H19BrN2O4. The first-order valence-electron chi connectivity index (χ1n) is 9.73. The summed E-state index contributed by atoms with van der Waals surface area (Å²) in [4.78, 5) is 39.2. The molecular weight excluding hydrogens is 460 g/mol. The van der Waals surface area contributed by atoms with E-state index in [1.54, 1.807) is 24.3 Å². The minimum atomic E-state index is -0.773. The fourth-order valence-corrected chi connectivity index (χ4v) is 3.76. The van der Waals surface area contributed by atoms with Gasteiger partial charge in [0.15, 0.2) is 0 Å². The second kappa shape index (κ2) is 8.35. The zero-order valence-electron chi connectivity index (χ0n) is 16.9. The number of hydrogen-bond donors (Lipinski definition) is 1. The topological polar surface area (TPSA) is 75.7 Å². The number of amides is 4. The van der Waals surface area contributed by atoms with Gasteiger partial charge in [-0.3, -0.25) is 14.9 Å². The third-order valence-electron chi connectivity index (χ3n) is 5.02. The van der Waals surface area contributed by atoms with Gasteiger partial charge in [-0.1, -0.05) is 46.3 Å². The van der Waals surface area contributed by atoms with Gasteiger partial charge < -0.3 is 4.74 Å². The van der Waals surface area contributed by atoms with Crippen molar-refractivity contribution < 1.29 is 19.1 Å². The molecule has 31 heavy (non-hydrogen) atoms. The number of aryl methyl sites for hydroxylation is 1. The number of nitrogens with zero attached hydrogens (tertiary/aromatic N) is 1. The molecule has 0 saturated carbocycles. The SMILES string of the molecule is CCOc1ccc(/C=C2\C(=O)NC(=O)N(c3ccc(Br)c(C)c3)C2=O)c2ccccc12. The standard InChI is InChI=1S/C24H19BrN2O4/c1-3-31-21-11-8-15(17-6-4-5-7-18(17)21)13-19-22(28)26-24(30)27(23(19)29)16-9-10-20(25)14(2)12-16/h4-13H,3H2,1-2H3,(H,26,28,30)/b19-13+. The Bertz CT molecular complexity index is 1270. The number of nitrogens with one attached hydrogen (secondary N) is 1. The lowest BCUT2D eigenvalue weighted by molar-refractivity contribution is -0.122. The van der Waals surface area contributed by atoms with Gasteiger partial charge in [-0.15, -0.1) is 0 Å². The smallest absolute Gasteiger partial charge is 0.335 e. The lowest BCUT2D eigenvalue weighted by Gasteiger charge is -2.26. The van der Waals surface area contributed by atoms with E-state index in [4.69, 9.17) is 4.74 Å². The van der Waals surface area contributed by atoms with Crippen LogP contribution < -0.4 is 15.0 Å². The number of rotatable bonds is 4. The molecule has 3 aromatic carbocycles. The summed E-state index contributed by atoms with van der Waals surface area (Å²) in [5.74, 6) is -0.673. The summed E-state index contributed by atoms with van der Waals surface area (Å²) in [7, 11) is 0. The van der Waals surface area contributed by atoms with Gasteiger partial charge in [0.2, 0.25) is 0 Å². The second-order valence-corrected chi connectivity index (χ2v) is 7.88. The van der Waals surface area contributed by atoms with Gasteiger partial charge in [-0.2, -0.15) is 0 Å². The molecule has 156 valence electrons. The number of anilines is 1. The number of fused-ring (bicyclic) bond motifs is 1. The number of ether oxygens (including phenoxy) is 1. The monoisotopic (exact) mass is 478 g/mol. The van der Waals surface area contributed by atoms with Crippen LogP contribution in [0, 0.1) is 6.92 Å². The highest BCUT2D eigenvalue weighted by Crippen LogP contribution is 2.31. The van der Waals surface area contributed by atoms with Crippen molar-refractivity contribution in [2.75, 3.05) is 11.5 Å². The second-order valence-electron chi connectivity index (χ2n) is 7.02. The summed E-state index contributed by atoms with van der Waals surface area (Å²) < 4.78 is 6.55. The van der Waals surface area contributed by atoms with Crippen LogP contribution in [0.5, 0.6) is 5.75 Å². The highest BCUT2D eigenvalue weighted by Gasteiger charge is 2.37.